The highest BCUT2D eigenvalue weighted by molar-refractivity contribution is 5.35. The van der Waals surface area contributed by atoms with Gasteiger partial charge in [0.1, 0.15) is 6.33 Å². The molecule has 0 unspecified atom stereocenters. The lowest BCUT2D eigenvalue weighted by atomic mass is 10.9. The Labute approximate surface area is 51.7 Å². The summed E-state index contributed by atoms with van der Waals surface area (Å²) in [5, 5.41) is 0. The molecule has 0 saturated heterocycles. The molecule has 0 aliphatic rings. The molecule has 0 aliphatic heterocycles. The van der Waals surface area contributed by atoms with Gasteiger partial charge in [0.05, 0.1) is 0 Å². The fraction of sp³-hybridized carbons (Fsp3) is 0. The Kier molecular flexibility index (Phi) is 1.35. The largest absolute Gasteiger partial charge is 0.368 e. The van der Waals surface area contributed by atoms with Crippen LogP contribution >= 0.6 is 0 Å². The number of rotatable bonds is 1. The summed E-state index contributed by atoms with van der Waals surface area (Å²) in [4.78, 5) is 14.2. The van der Waals surface area contributed by atoms with Crippen molar-refractivity contribution in [2.45, 2.75) is 0 Å². The van der Waals surface area contributed by atoms with Crippen LogP contribution < -0.4 is 5.73 Å². The van der Waals surface area contributed by atoms with E-state index in [0.29, 0.717) is 0 Å². The van der Waals surface area contributed by atoms with Crippen LogP contribution in [0.5, 0.6) is 0 Å². The van der Waals surface area contributed by atoms with E-state index in [4.69, 9.17) is 5.73 Å². The van der Waals surface area contributed by atoms with Gasteiger partial charge in [-0.2, -0.15) is 9.97 Å². The van der Waals surface area contributed by atoms with E-state index in [2.05, 4.69) is 26.7 Å². The smallest absolute Gasteiger partial charge is 0.253 e. The van der Waals surface area contributed by atoms with Gasteiger partial charge in [0.15, 0.2) is 0 Å². The lowest BCUT2D eigenvalue weighted by Gasteiger charge is -1.88. The maximum absolute atomic E-state index is 5.18. The Morgan fingerprint density at radius 2 is 2.33 bits per heavy atom. The van der Waals surface area contributed by atoms with Crippen molar-refractivity contribution in [1.29, 1.82) is 0 Å². The molecule has 0 aromatic carbocycles. The molecular weight excluding hydrogens is 118 g/mol. The first-order valence-corrected chi connectivity index (χ1v) is 2.24. The van der Waals surface area contributed by atoms with E-state index in [1.165, 1.54) is 6.33 Å². The molecule has 0 saturated carbocycles. The zero-order valence-electron chi connectivity index (χ0n) is 4.65. The topological polar surface area (TPSA) is 77.0 Å². The first kappa shape index (κ1) is 5.61. The Bertz CT molecular complexity index is 220. The molecule has 0 spiro atoms. The highest BCUT2D eigenvalue weighted by Gasteiger charge is 1.89. The molecule has 0 radical (unpaired) electrons. The third kappa shape index (κ3) is 1.18. The quantitative estimate of drug-likeness (QED) is 0.524. The zero-order valence-corrected chi connectivity index (χ0v) is 4.65. The lowest BCUT2D eigenvalue weighted by molar-refractivity contribution is 1.05. The fourth-order valence-corrected chi connectivity index (χ4v) is 0.376. The van der Waals surface area contributed by atoms with Crippen molar-refractivity contribution in [2.24, 2.45) is 4.99 Å². The average molecular weight is 123 g/mol. The van der Waals surface area contributed by atoms with E-state index < -0.39 is 0 Å². The average Bonchev–Trinajstić information content (AvgIpc) is 1.88. The molecule has 1 rings (SSSR count). The van der Waals surface area contributed by atoms with Gasteiger partial charge >= 0.3 is 0 Å². The molecule has 0 aliphatic carbocycles. The van der Waals surface area contributed by atoms with E-state index in [-0.39, 0.29) is 11.9 Å². The normalized spacial score (nSPS) is 8.89. The van der Waals surface area contributed by atoms with E-state index in [1.54, 1.807) is 0 Å². The van der Waals surface area contributed by atoms with Crippen LogP contribution in [0.1, 0.15) is 0 Å². The van der Waals surface area contributed by atoms with Crippen LogP contribution in [0.25, 0.3) is 0 Å². The van der Waals surface area contributed by atoms with Crippen LogP contribution in [-0.4, -0.2) is 21.7 Å². The molecule has 0 atom stereocenters. The summed E-state index contributed by atoms with van der Waals surface area (Å²) in [5.41, 5.74) is 5.18. The number of hydrogen-bond donors (Lipinski definition) is 1. The molecule has 0 bridgehead atoms. The van der Waals surface area contributed by atoms with Gasteiger partial charge in [-0.3, -0.25) is 0 Å². The summed E-state index contributed by atoms with van der Waals surface area (Å²) in [6.07, 6.45) is 1.28. The minimum Gasteiger partial charge on any atom is -0.368 e. The second kappa shape index (κ2) is 2.17. The van der Waals surface area contributed by atoms with Gasteiger partial charge in [0.2, 0.25) is 5.95 Å². The van der Waals surface area contributed by atoms with E-state index in [0.717, 1.165) is 0 Å². The first-order valence-electron chi connectivity index (χ1n) is 2.24. The maximum atomic E-state index is 5.18. The van der Waals surface area contributed by atoms with Gasteiger partial charge in [-0.05, 0) is 6.72 Å². The number of aromatic nitrogens is 3. The second-order valence-corrected chi connectivity index (χ2v) is 1.30. The Morgan fingerprint density at radius 3 is 2.78 bits per heavy atom. The van der Waals surface area contributed by atoms with Crippen LogP contribution in [0.2, 0.25) is 0 Å². The lowest BCUT2D eigenvalue weighted by Crippen LogP contribution is -1.94. The van der Waals surface area contributed by atoms with Crippen molar-refractivity contribution in [3.63, 3.8) is 0 Å². The summed E-state index contributed by atoms with van der Waals surface area (Å²) in [5.74, 6) is 0.412. The monoisotopic (exact) mass is 123 g/mol. The Balaban J connectivity index is 3.07. The summed E-state index contributed by atoms with van der Waals surface area (Å²) in [7, 11) is 0. The van der Waals surface area contributed by atoms with Gasteiger partial charge in [0, 0.05) is 0 Å². The van der Waals surface area contributed by atoms with Crippen LogP contribution in [0.15, 0.2) is 11.3 Å². The molecule has 1 aromatic heterocycles. The maximum Gasteiger partial charge on any atom is 0.253 e. The molecule has 1 heterocycles. The number of nitrogens with two attached hydrogens (primary N) is 1. The van der Waals surface area contributed by atoms with Crippen molar-refractivity contribution in [3.8, 4) is 0 Å². The predicted octanol–water partition coefficient (Wildman–Crippen LogP) is -0.214. The molecular formula is C4H5N5. The standard InChI is InChI=1S/C4H5N5/c1-6-4-8-2-7-3(5)9-4/h2H,1H2,(H2,5,7,8,9). The summed E-state index contributed by atoms with van der Waals surface area (Å²) >= 11 is 0. The SMILES string of the molecule is C=Nc1ncnc(N)n1. The van der Waals surface area contributed by atoms with Gasteiger partial charge in [-0.15, -0.1) is 0 Å². The summed E-state index contributed by atoms with van der Waals surface area (Å²) in [6, 6.07) is 0. The van der Waals surface area contributed by atoms with Crippen LogP contribution in [0.3, 0.4) is 0 Å². The molecule has 9 heavy (non-hydrogen) atoms. The molecule has 0 fully saturated rings. The summed E-state index contributed by atoms with van der Waals surface area (Å²) < 4.78 is 0. The first-order chi connectivity index (χ1) is 4.33. The number of hydrogen-bond acceptors (Lipinski definition) is 5. The van der Waals surface area contributed by atoms with E-state index >= 15 is 0 Å². The highest BCUT2D eigenvalue weighted by Crippen LogP contribution is 1.98. The van der Waals surface area contributed by atoms with Gasteiger partial charge in [-0.1, -0.05) is 0 Å². The zero-order chi connectivity index (χ0) is 6.69. The van der Waals surface area contributed by atoms with E-state index in [1.807, 2.05) is 0 Å². The number of nitrogen functional groups attached to an aromatic ring is 1. The molecule has 5 heteroatoms. The second-order valence-electron chi connectivity index (χ2n) is 1.30. The summed E-state index contributed by atoms with van der Waals surface area (Å²) in [6.45, 7) is 3.21. The van der Waals surface area contributed by atoms with Crippen molar-refractivity contribution in [1.82, 2.24) is 15.0 Å². The minimum absolute atomic E-state index is 0.160. The predicted molar refractivity (Wildman–Crippen MR) is 33.4 cm³/mol. The highest BCUT2D eigenvalue weighted by atomic mass is 15.1. The van der Waals surface area contributed by atoms with Gasteiger partial charge in [-0.25, -0.2) is 9.98 Å². The number of aliphatic imine (C=N–C) groups is 1. The third-order valence-electron chi connectivity index (χ3n) is 0.719. The van der Waals surface area contributed by atoms with Crippen molar-refractivity contribution in [2.75, 3.05) is 5.73 Å². The fourth-order valence-electron chi connectivity index (χ4n) is 0.376. The van der Waals surface area contributed by atoms with Crippen LogP contribution in [0.4, 0.5) is 11.9 Å². The van der Waals surface area contributed by atoms with Crippen LogP contribution in [-0.2, 0) is 0 Å². The molecule has 2 N–H and O–H groups in total. The molecule has 5 nitrogen and oxygen atoms in total. The Morgan fingerprint density at radius 1 is 1.56 bits per heavy atom. The van der Waals surface area contributed by atoms with Crippen molar-refractivity contribution in [3.05, 3.63) is 6.33 Å². The van der Waals surface area contributed by atoms with E-state index in [9.17, 15) is 0 Å². The van der Waals surface area contributed by atoms with Crippen molar-refractivity contribution >= 4 is 18.6 Å². The minimum atomic E-state index is 0.160. The van der Waals surface area contributed by atoms with Crippen molar-refractivity contribution < 1.29 is 0 Å². The Hall–Kier alpha value is -1.52. The molecule has 0 amide bonds. The third-order valence-corrected chi connectivity index (χ3v) is 0.719. The number of anilines is 1. The van der Waals surface area contributed by atoms with Gasteiger partial charge in [0.25, 0.3) is 5.95 Å². The van der Waals surface area contributed by atoms with Crippen LogP contribution in [0, 0.1) is 0 Å². The molecule has 1 aromatic rings. The van der Waals surface area contributed by atoms with Gasteiger partial charge < -0.3 is 5.73 Å². The molecule has 46 valence electrons. The number of nitrogens with zero attached hydrogens (tertiary/aromatic N) is 4.